The first-order chi connectivity index (χ1) is 9.28. The molecule has 1 heterocycles. The lowest BCUT2D eigenvalue weighted by Gasteiger charge is -2.31. The highest BCUT2D eigenvalue weighted by Gasteiger charge is 2.33. The summed E-state index contributed by atoms with van der Waals surface area (Å²) in [7, 11) is 0. The van der Waals surface area contributed by atoms with Crippen molar-refractivity contribution >= 4 is 12.0 Å². The van der Waals surface area contributed by atoms with E-state index in [1.165, 1.54) is 10.0 Å². The standard InChI is InChI=1S/C14H27N3O3/c1-6-15(7-2)11-12(18)16-9-8-10-17(16)13(19)20-14(3,4)5/h6-11H2,1-5H3. The maximum atomic E-state index is 12.3. The Morgan fingerprint density at radius 3 is 2.15 bits per heavy atom. The van der Waals surface area contributed by atoms with E-state index in [2.05, 4.69) is 0 Å². The predicted octanol–water partition coefficient (Wildman–Crippen LogP) is 1.71. The molecule has 1 aliphatic heterocycles. The molecule has 0 radical (unpaired) electrons. The maximum absolute atomic E-state index is 12.3. The first kappa shape index (κ1) is 16.8. The lowest BCUT2D eigenvalue weighted by Crippen LogP contribution is -2.49. The van der Waals surface area contributed by atoms with E-state index < -0.39 is 11.7 Å². The van der Waals surface area contributed by atoms with E-state index in [1.807, 2.05) is 39.5 Å². The summed E-state index contributed by atoms with van der Waals surface area (Å²) >= 11 is 0. The van der Waals surface area contributed by atoms with Gasteiger partial charge in [-0.3, -0.25) is 9.69 Å². The Bertz CT molecular complexity index is 348. The van der Waals surface area contributed by atoms with Crippen LogP contribution in [0.4, 0.5) is 4.79 Å². The van der Waals surface area contributed by atoms with Crippen LogP contribution in [0.15, 0.2) is 0 Å². The molecule has 0 aromatic rings. The van der Waals surface area contributed by atoms with E-state index in [9.17, 15) is 9.59 Å². The summed E-state index contributed by atoms with van der Waals surface area (Å²) < 4.78 is 5.34. The second-order valence-electron chi connectivity index (χ2n) is 5.94. The van der Waals surface area contributed by atoms with Crippen molar-refractivity contribution in [3.8, 4) is 0 Å². The van der Waals surface area contributed by atoms with Crippen LogP contribution >= 0.6 is 0 Å². The van der Waals surface area contributed by atoms with E-state index in [1.54, 1.807) is 0 Å². The number of hydrogen-bond acceptors (Lipinski definition) is 4. The van der Waals surface area contributed by atoms with E-state index >= 15 is 0 Å². The molecule has 0 spiro atoms. The van der Waals surface area contributed by atoms with Gasteiger partial charge in [0.05, 0.1) is 6.54 Å². The van der Waals surface area contributed by atoms with Crippen LogP contribution in [0.1, 0.15) is 41.0 Å². The van der Waals surface area contributed by atoms with Crippen molar-refractivity contribution < 1.29 is 14.3 Å². The third-order valence-electron chi connectivity index (χ3n) is 3.18. The number of amides is 2. The molecule has 6 heteroatoms. The van der Waals surface area contributed by atoms with Crippen molar-refractivity contribution in [3.63, 3.8) is 0 Å². The normalized spacial score (nSPS) is 15.9. The fraction of sp³-hybridized carbons (Fsp3) is 0.857. The van der Waals surface area contributed by atoms with Crippen LogP contribution < -0.4 is 0 Å². The Kier molecular flexibility index (Phi) is 5.80. The zero-order chi connectivity index (χ0) is 15.3. The average molecular weight is 285 g/mol. The summed E-state index contributed by atoms with van der Waals surface area (Å²) in [6, 6.07) is 0. The zero-order valence-corrected chi connectivity index (χ0v) is 13.3. The highest BCUT2D eigenvalue weighted by molar-refractivity contribution is 5.81. The Morgan fingerprint density at radius 1 is 1.10 bits per heavy atom. The van der Waals surface area contributed by atoms with Crippen LogP contribution in [0.5, 0.6) is 0 Å². The van der Waals surface area contributed by atoms with E-state index in [-0.39, 0.29) is 5.91 Å². The van der Waals surface area contributed by atoms with Gasteiger partial charge in [-0.05, 0) is 40.3 Å². The zero-order valence-electron chi connectivity index (χ0n) is 13.3. The molecule has 116 valence electrons. The molecule has 0 aromatic heterocycles. The Morgan fingerprint density at radius 2 is 1.65 bits per heavy atom. The molecular weight excluding hydrogens is 258 g/mol. The summed E-state index contributed by atoms with van der Waals surface area (Å²) in [5, 5.41) is 2.95. The third-order valence-corrected chi connectivity index (χ3v) is 3.18. The van der Waals surface area contributed by atoms with Gasteiger partial charge in [0.1, 0.15) is 5.60 Å². The van der Waals surface area contributed by atoms with E-state index in [0.29, 0.717) is 19.6 Å². The molecule has 0 aliphatic carbocycles. The first-order valence-electron chi connectivity index (χ1n) is 7.31. The third kappa shape index (κ3) is 4.67. The summed E-state index contributed by atoms with van der Waals surface area (Å²) in [5.41, 5.74) is -0.548. The highest BCUT2D eigenvalue weighted by atomic mass is 16.6. The number of hydrogen-bond donors (Lipinski definition) is 0. The molecule has 1 aliphatic rings. The number of carbonyl (C=O) groups excluding carboxylic acids is 2. The van der Waals surface area contributed by atoms with Gasteiger partial charge in [0.25, 0.3) is 5.91 Å². The first-order valence-corrected chi connectivity index (χ1v) is 7.31. The van der Waals surface area contributed by atoms with E-state index in [0.717, 1.165) is 19.5 Å². The minimum atomic E-state index is -0.548. The molecule has 2 amide bonds. The van der Waals surface area contributed by atoms with Gasteiger partial charge in [-0.1, -0.05) is 13.8 Å². The Hall–Kier alpha value is -1.30. The van der Waals surface area contributed by atoms with E-state index in [4.69, 9.17) is 4.74 Å². The van der Waals surface area contributed by atoms with Crippen LogP contribution in [0, 0.1) is 0 Å². The largest absolute Gasteiger partial charge is 0.442 e. The summed E-state index contributed by atoms with van der Waals surface area (Å²) in [6.45, 7) is 12.6. The van der Waals surface area contributed by atoms with Gasteiger partial charge in [-0.15, -0.1) is 0 Å². The van der Waals surface area contributed by atoms with Crippen molar-refractivity contribution in [3.05, 3.63) is 0 Å². The molecule has 20 heavy (non-hydrogen) atoms. The molecule has 1 rings (SSSR count). The second-order valence-corrected chi connectivity index (χ2v) is 5.94. The van der Waals surface area contributed by atoms with Crippen molar-refractivity contribution in [2.75, 3.05) is 32.7 Å². The second kappa shape index (κ2) is 6.92. The summed E-state index contributed by atoms with van der Waals surface area (Å²) in [5.74, 6) is -0.0444. The minimum Gasteiger partial charge on any atom is -0.442 e. The number of rotatable bonds is 4. The highest BCUT2D eigenvalue weighted by Crippen LogP contribution is 2.16. The van der Waals surface area contributed by atoms with Crippen LogP contribution in [-0.2, 0) is 9.53 Å². The van der Waals surface area contributed by atoms with Gasteiger partial charge in [0.2, 0.25) is 0 Å². The van der Waals surface area contributed by atoms with Crippen LogP contribution in [0.3, 0.4) is 0 Å². The Balaban J connectivity index is 2.64. The fourth-order valence-corrected chi connectivity index (χ4v) is 2.10. The number of hydrazine groups is 1. The quantitative estimate of drug-likeness (QED) is 0.789. The summed E-state index contributed by atoms with van der Waals surface area (Å²) in [4.78, 5) is 26.4. The number of carbonyl (C=O) groups is 2. The van der Waals surface area contributed by atoms with Gasteiger partial charge in [-0.2, -0.15) is 0 Å². The lowest BCUT2D eigenvalue weighted by molar-refractivity contribution is -0.144. The number of ether oxygens (including phenoxy) is 1. The molecule has 0 saturated carbocycles. The maximum Gasteiger partial charge on any atom is 0.429 e. The molecule has 0 unspecified atom stereocenters. The Labute approximate surface area is 121 Å². The molecule has 0 bridgehead atoms. The summed E-state index contributed by atoms with van der Waals surface area (Å²) in [6.07, 6.45) is 0.353. The molecule has 0 atom stereocenters. The monoisotopic (exact) mass is 285 g/mol. The minimum absolute atomic E-state index is 0.0444. The number of nitrogens with zero attached hydrogens (tertiary/aromatic N) is 3. The van der Waals surface area contributed by atoms with Crippen molar-refractivity contribution in [2.24, 2.45) is 0 Å². The van der Waals surface area contributed by atoms with Gasteiger partial charge in [-0.25, -0.2) is 14.8 Å². The van der Waals surface area contributed by atoms with Crippen LogP contribution in [-0.4, -0.2) is 65.2 Å². The predicted molar refractivity (Wildman–Crippen MR) is 77.1 cm³/mol. The molecule has 1 fully saturated rings. The van der Waals surface area contributed by atoms with Gasteiger partial charge < -0.3 is 4.74 Å². The van der Waals surface area contributed by atoms with Gasteiger partial charge in [0, 0.05) is 13.1 Å². The molecule has 1 saturated heterocycles. The molecule has 0 N–H and O–H groups in total. The molecular formula is C14H27N3O3. The van der Waals surface area contributed by atoms with Gasteiger partial charge >= 0.3 is 6.09 Å². The number of likely N-dealkylation sites (N-methyl/N-ethyl adjacent to an activating group) is 1. The van der Waals surface area contributed by atoms with Crippen molar-refractivity contribution in [1.82, 2.24) is 14.9 Å². The fourth-order valence-electron chi connectivity index (χ4n) is 2.10. The smallest absolute Gasteiger partial charge is 0.429 e. The van der Waals surface area contributed by atoms with Crippen LogP contribution in [0.25, 0.3) is 0 Å². The topological polar surface area (TPSA) is 53.1 Å². The molecule has 0 aromatic carbocycles. The molecule has 6 nitrogen and oxygen atoms in total. The lowest BCUT2D eigenvalue weighted by atomic mass is 10.2. The van der Waals surface area contributed by atoms with Gasteiger partial charge in [0.15, 0.2) is 0 Å². The van der Waals surface area contributed by atoms with Crippen LogP contribution in [0.2, 0.25) is 0 Å². The SMILES string of the molecule is CCN(CC)CC(=O)N1CCCN1C(=O)OC(C)(C)C. The van der Waals surface area contributed by atoms with Crippen molar-refractivity contribution in [2.45, 2.75) is 46.6 Å². The van der Waals surface area contributed by atoms with Crippen molar-refractivity contribution in [1.29, 1.82) is 0 Å². The average Bonchev–Trinajstić information content (AvgIpc) is 2.82.